The van der Waals surface area contributed by atoms with Gasteiger partial charge in [-0.15, -0.1) is 0 Å². The zero-order chi connectivity index (χ0) is 11.7. The van der Waals surface area contributed by atoms with E-state index >= 15 is 0 Å². The second-order valence-electron chi connectivity index (χ2n) is 4.68. The van der Waals surface area contributed by atoms with E-state index in [2.05, 4.69) is 5.32 Å². The number of nitrogens with zero attached hydrogens (tertiary/aromatic N) is 1. The van der Waals surface area contributed by atoms with Crippen LogP contribution in [0.5, 0.6) is 0 Å². The SMILES string of the molecule is CNC(=O)[C@H]1C[C@H]1[C@H](N)C(=O)N1CCCC1. The summed E-state index contributed by atoms with van der Waals surface area (Å²) in [5.41, 5.74) is 5.91. The highest BCUT2D eigenvalue weighted by Crippen LogP contribution is 2.41. The van der Waals surface area contributed by atoms with Gasteiger partial charge in [-0.1, -0.05) is 0 Å². The van der Waals surface area contributed by atoms with Crippen LogP contribution < -0.4 is 11.1 Å². The van der Waals surface area contributed by atoms with E-state index in [9.17, 15) is 9.59 Å². The molecule has 2 amide bonds. The molecule has 3 atom stereocenters. The molecule has 2 fully saturated rings. The van der Waals surface area contributed by atoms with Gasteiger partial charge in [0.2, 0.25) is 11.8 Å². The summed E-state index contributed by atoms with van der Waals surface area (Å²) in [5.74, 6) is 0.0307. The maximum Gasteiger partial charge on any atom is 0.239 e. The summed E-state index contributed by atoms with van der Waals surface area (Å²) in [5, 5.41) is 2.60. The molecule has 16 heavy (non-hydrogen) atoms. The Morgan fingerprint density at radius 3 is 2.56 bits per heavy atom. The van der Waals surface area contributed by atoms with E-state index in [0.29, 0.717) is 0 Å². The molecule has 0 aromatic carbocycles. The number of nitrogens with two attached hydrogens (primary N) is 1. The molecule has 5 nitrogen and oxygen atoms in total. The van der Waals surface area contributed by atoms with Gasteiger partial charge in [0.1, 0.15) is 0 Å². The quantitative estimate of drug-likeness (QED) is 0.668. The van der Waals surface area contributed by atoms with E-state index in [1.165, 1.54) is 0 Å². The van der Waals surface area contributed by atoms with Gasteiger partial charge in [0, 0.05) is 26.1 Å². The van der Waals surface area contributed by atoms with Gasteiger partial charge in [0.05, 0.1) is 6.04 Å². The number of hydrogen-bond acceptors (Lipinski definition) is 3. The Hall–Kier alpha value is -1.10. The van der Waals surface area contributed by atoms with E-state index < -0.39 is 6.04 Å². The Labute approximate surface area is 95.3 Å². The molecule has 1 aliphatic carbocycles. The van der Waals surface area contributed by atoms with Crippen molar-refractivity contribution in [1.29, 1.82) is 0 Å². The Morgan fingerprint density at radius 1 is 1.38 bits per heavy atom. The first-order chi connectivity index (χ1) is 7.65. The van der Waals surface area contributed by atoms with Gasteiger partial charge in [0.25, 0.3) is 0 Å². The summed E-state index contributed by atoms with van der Waals surface area (Å²) in [7, 11) is 1.62. The Balaban J connectivity index is 1.86. The van der Waals surface area contributed by atoms with Crippen LogP contribution in [0.2, 0.25) is 0 Å². The highest BCUT2D eigenvalue weighted by Gasteiger charge is 2.49. The van der Waals surface area contributed by atoms with Gasteiger partial charge in [-0.25, -0.2) is 0 Å². The summed E-state index contributed by atoms with van der Waals surface area (Å²) >= 11 is 0. The number of likely N-dealkylation sites (tertiary alicyclic amines) is 1. The van der Waals surface area contributed by atoms with Crippen LogP contribution >= 0.6 is 0 Å². The smallest absolute Gasteiger partial charge is 0.239 e. The number of carbonyl (C=O) groups excluding carboxylic acids is 2. The third-order valence-electron chi connectivity index (χ3n) is 3.59. The summed E-state index contributed by atoms with van der Waals surface area (Å²) in [6, 6.07) is -0.486. The number of amides is 2. The molecule has 3 N–H and O–H groups in total. The lowest BCUT2D eigenvalue weighted by molar-refractivity contribution is -0.132. The first-order valence-electron chi connectivity index (χ1n) is 5.91. The van der Waals surface area contributed by atoms with Gasteiger partial charge in [-0.2, -0.15) is 0 Å². The van der Waals surface area contributed by atoms with Gasteiger partial charge in [0.15, 0.2) is 0 Å². The Kier molecular flexibility index (Phi) is 3.14. The lowest BCUT2D eigenvalue weighted by Gasteiger charge is -2.20. The number of rotatable bonds is 3. The molecule has 5 heteroatoms. The van der Waals surface area contributed by atoms with Crippen LogP contribution in [0.1, 0.15) is 19.3 Å². The summed E-state index contributed by atoms with van der Waals surface area (Å²) < 4.78 is 0. The largest absolute Gasteiger partial charge is 0.359 e. The van der Waals surface area contributed by atoms with Crippen LogP contribution in [0.15, 0.2) is 0 Å². The van der Waals surface area contributed by atoms with E-state index in [4.69, 9.17) is 5.73 Å². The predicted octanol–water partition coefficient (Wildman–Crippen LogP) is -0.682. The molecular formula is C11H19N3O2. The molecule has 1 saturated carbocycles. The second-order valence-corrected chi connectivity index (χ2v) is 4.68. The third-order valence-corrected chi connectivity index (χ3v) is 3.59. The Morgan fingerprint density at radius 2 is 2.00 bits per heavy atom. The molecule has 2 rings (SSSR count). The maximum absolute atomic E-state index is 12.0. The standard InChI is InChI=1S/C11H19N3O2/c1-13-10(15)8-6-7(8)9(12)11(16)14-4-2-3-5-14/h7-9H,2-6,12H2,1H3,(H,13,15)/t7-,8+,9+/m1/s1. The first-order valence-corrected chi connectivity index (χ1v) is 5.91. The molecule has 1 saturated heterocycles. The van der Waals surface area contributed by atoms with Crippen molar-refractivity contribution in [2.75, 3.05) is 20.1 Å². The Bertz CT molecular complexity index is 300. The van der Waals surface area contributed by atoms with Crippen molar-refractivity contribution in [2.24, 2.45) is 17.6 Å². The molecular weight excluding hydrogens is 206 g/mol. The fourth-order valence-electron chi connectivity index (χ4n) is 2.43. The zero-order valence-electron chi connectivity index (χ0n) is 9.61. The third kappa shape index (κ3) is 2.04. The molecule has 0 bridgehead atoms. The van der Waals surface area contributed by atoms with Crippen LogP contribution in [0.25, 0.3) is 0 Å². The van der Waals surface area contributed by atoms with Crippen molar-refractivity contribution in [3.63, 3.8) is 0 Å². The minimum atomic E-state index is -0.486. The lowest BCUT2D eigenvalue weighted by atomic mass is 10.1. The van der Waals surface area contributed by atoms with Crippen molar-refractivity contribution in [1.82, 2.24) is 10.2 Å². The van der Waals surface area contributed by atoms with E-state index in [1.54, 1.807) is 7.05 Å². The van der Waals surface area contributed by atoms with E-state index in [0.717, 1.165) is 32.4 Å². The minimum Gasteiger partial charge on any atom is -0.359 e. The molecule has 1 heterocycles. The summed E-state index contributed by atoms with van der Waals surface area (Å²) in [6.45, 7) is 1.65. The van der Waals surface area contributed by atoms with Crippen LogP contribution in [0.4, 0.5) is 0 Å². The highest BCUT2D eigenvalue weighted by molar-refractivity contribution is 5.87. The molecule has 0 spiro atoms. The van der Waals surface area contributed by atoms with Crippen LogP contribution in [-0.2, 0) is 9.59 Å². The van der Waals surface area contributed by atoms with Crippen LogP contribution in [-0.4, -0.2) is 42.9 Å². The number of hydrogen-bond donors (Lipinski definition) is 2. The summed E-state index contributed by atoms with van der Waals surface area (Å²) in [6.07, 6.45) is 2.89. The van der Waals surface area contributed by atoms with Crippen LogP contribution in [0.3, 0.4) is 0 Å². The molecule has 0 unspecified atom stereocenters. The molecule has 90 valence electrons. The van der Waals surface area contributed by atoms with Gasteiger partial charge in [-0.05, 0) is 25.2 Å². The molecule has 0 radical (unpaired) electrons. The average molecular weight is 225 g/mol. The lowest BCUT2D eigenvalue weighted by Crippen LogP contribution is -2.44. The van der Waals surface area contributed by atoms with Crippen molar-refractivity contribution in [2.45, 2.75) is 25.3 Å². The molecule has 0 aromatic heterocycles. The first kappa shape index (κ1) is 11.4. The van der Waals surface area contributed by atoms with Crippen molar-refractivity contribution in [3.8, 4) is 0 Å². The maximum atomic E-state index is 12.0. The van der Waals surface area contributed by atoms with E-state index in [1.807, 2.05) is 4.90 Å². The normalized spacial score (nSPS) is 30.0. The van der Waals surface area contributed by atoms with Crippen molar-refractivity contribution in [3.05, 3.63) is 0 Å². The van der Waals surface area contributed by atoms with Gasteiger partial charge >= 0.3 is 0 Å². The zero-order valence-corrected chi connectivity index (χ0v) is 9.61. The van der Waals surface area contributed by atoms with Crippen LogP contribution in [0, 0.1) is 11.8 Å². The second kappa shape index (κ2) is 4.41. The number of nitrogens with one attached hydrogen (secondary N) is 1. The molecule has 0 aromatic rings. The van der Waals surface area contributed by atoms with Gasteiger partial charge < -0.3 is 16.0 Å². The fourth-order valence-corrected chi connectivity index (χ4v) is 2.43. The monoisotopic (exact) mass is 225 g/mol. The topological polar surface area (TPSA) is 75.4 Å². The summed E-state index contributed by atoms with van der Waals surface area (Å²) in [4.78, 5) is 25.1. The predicted molar refractivity (Wildman–Crippen MR) is 59.5 cm³/mol. The molecule has 1 aliphatic heterocycles. The fraction of sp³-hybridized carbons (Fsp3) is 0.818. The molecule has 2 aliphatic rings. The average Bonchev–Trinajstić information content (AvgIpc) is 2.91. The number of carbonyl (C=O) groups is 2. The van der Waals surface area contributed by atoms with Crippen molar-refractivity contribution < 1.29 is 9.59 Å². The van der Waals surface area contributed by atoms with E-state index in [-0.39, 0.29) is 23.7 Å². The van der Waals surface area contributed by atoms with Crippen molar-refractivity contribution >= 4 is 11.8 Å². The van der Waals surface area contributed by atoms with Gasteiger partial charge in [-0.3, -0.25) is 9.59 Å². The highest BCUT2D eigenvalue weighted by atomic mass is 16.2. The minimum absolute atomic E-state index is 0.00896.